The summed E-state index contributed by atoms with van der Waals surface area (Å²) >= 11 is 0.670. The Balaban J connectivity index is 1.21. The van der Waals surface area contributed by atoms with Gasteiger partial charge in [0.2, 0.25) is 100 Å². The van der Waals surface area contributed by atoms with E-state index in [0.29, 0.717) is 63.1 Å². The van der Waals surface area contributed by atoms with E-state index in [0.717, 1.165) is 31.5 Å². The molecule has 5 heterocycles. The van der Waals surface area contributed by atoms with Gasteiger partial charge in [-0.3, -0.25) is 95.9 Å². The van der Waals surface area contributed by atoms with Crippen LogP contribution in [-0.4, -0.2) is 333 Å². The van der Waals surface area contributed by atoms with Gasteiger partial charge in [0, 0.05) is 119 Å². The Morgan fingerprint density at radius 2 is 0.970 bits per heavy atom. The minimum atomic E-state index is -1.99. The fourth-order valence-electron chi connectivity index (χ4n) is 16.1. The third-order valence-electron chi connectivity index (χ3n) is 23.6. The zero-order valence-corrected chi connectivity index (χ0v) is 75.9. The predicted molar refractivity (Wildman–Crippen MR) is 479 cm³/mol. The molecule has 8 rings (SSSR count). The van der Waals surface area contributed by atoms with Crippen molar-refractivity contribution in [3.63, 3.8) is 0 Å². The number of thioether (sulfide) groups is 1. The lowest BCUT2D eigenvalue weighted by atomic mass is 9.99. The Kier molecular flexibility index (Phi) is 39.5. The molecule has 15 atom stereocenters. The van der Waals surface area contributed by atoms with Gasteiger partial charge in [0.1, 0.15) is 90.3 Å². The molecule has 22 N–H and O–H groups in total. The van der Waals surface area contributed by atoms with Crippen LogP contribution in [0.5, 0.6) is 5.75 Å². The Bertz CT molecular complexity index is 5130. The molecule has 3 fully saturated rings. The number of carboxylic acid groups (broad SMARTS) is 3. The number of aromatic nitrogens is 2. The summed E-state index contributed by atoms with van der Waals surface area (Å²) in [7, 11) is 3.66. The molecule has 0 aliphatic carbocycles. The van der Waals surface area contributed by atoms with Gasteiger partial charge >= 0.3 is 17.9 Å². The lowest BCUT2D eigenvalue weighted by Crippen LogP contribution is -2.61. The molecule has 2 aromatic heterocycles. The van der Waals surface area contributed by atoms with Gasteiger partial charge in [-0.2, -0.15) is 0 Å². The molecule has 0 saturated carbocycles. The van der Waals surface area contributed by atoms with Gasteiger partial charge in [0.15, 0.2) is 0 Å². The van der Waals surface area contributed by atoms with Crippen LogP contribution in [0.2, 0.25) is 0 Å². The summed E-state index contributed by atoms with van der Waals surface area (Å²) in [4.78, 5) is 296. The number of aromatic amines is 2. The summed E-state index contributed by atoms with van der Waals surface area (Å²) in [5.74, 6) is -24.3. The van der Waals surface area contributed by atoms with Crippen molar-refractivity contribution in [2.24, 2.45) is 11.5 Å². The van der Waals surface area contributed by atoms with Crippen molar-refractivity contribution in [1.82, 2.24) is 87.6 Å². The summed E-state index contributed by atoms with van der Waals surface area (Å²) in [6, 6.07) is -5.28. The number of rotatable bonds is 27. The van der Waals surface area contributed by atoms with Crippen LogP contribution in [-0.2, 0) is 115 Å². The average Bonchev–Trinajstić information content (AvgIpc) is 1.55. The lowest BCUT2D eigenvalue weighted by Gasteiger charge is -2.36. The number of H-pyrrole nitrogens is 2. The number of phenols is 1. The minimum absolute atomic E-state index is 0.0618. The highest BCUT2D eigenvalue weighted by atomic mass is 32.2. The molecule has 3 aliphatic rings. The Morgan fingerprint density at radius 3 is 1.54 bits per heavy atom. The highest BCUT2D eigenvalue weighted by Gasteiger charge is 2.47. The van der Waals surface area contributed by atoms with Crippen molar-refractivity contribution in [2.75, 3.05) is 58.9 Å². The first-order chi connectivity index (χ1) is 63.6. The molecule has 728 valence electrons. The van der Waals surface area contributed by atoms with Crippen LogP contribution >= 0.6 is 11.8 Å². The maximum absolute atomic E-state index is 15.8. The van der Waals surface area contributed by atoms with E-state index in [1.54, 1.807) is 68.6 Å². The topological polar surface area (TPSA) is 683 Å². The van der Waals surface area contributed by atoms with Gasteiger partial charge in [-0.1, -0.05) is 88.1 Å². The van der Waals surface area contributed by atoms with Crippen molar-refractivity contribution in [3.8, 4) is 5.75 Å². The summed E-state index contributed by atoms with van der Waals surface area (Å²) in [6.07, 6.45) is -4.36. The minimum Gasteiger partial charge on any atom is -0.508 e. The number of aliphatic carboxylic acids is 3. The first-order valence-electron chi connectivity index (χ1n) is 44.0. The average molecular weight is 1890 g/mol. The van der Waals surface area contributed by atoms with Crippen LogP contribution in [0.1, 0.15) is 140 Å². The van der Waals surface area contributed by atoms with E-state index >= 15 is 33.6 Å². The fraction of sp³-hybridized carbons (Fsp3) is 0.523. The molecule has 45 nitrogen and oxygen atoms in total. The number of para-hydroxylation sites is 2. The number of carboxylic acids is 3. The molecule has 5 aromatic rings. The third kappa shape index (κ3) is 29.6. The lowest BCUT2D eigenvalue weighted by molar-refractivity contribution is -0.149. The number of hydrogen-bond donors (Lipinski definition) is 20. The van der Waals surface area contributed by atoms with Crippen molar-refractivity contribution >= 4 is 152 Å². The predicted octanol–water partition coefficient (Wildman–Crippen LogP) is -3.61. The molecule has 3 saturated heterocycles. The van der Waals surface area contributed by atoms with E-state index in [1.165, 1.54) is 51.5 Å². The van der Waals surface area contributed by atoms with E-state index in [9.17, 15) is 93.0 Å². The maximum atomic E-state index is 15.8. The van der Waals surface area contributed by atoms with E-state index in [4.69, 9.17) is 11.5 Å². The molecule has 3 aliphatic heterocycles. The summed E-state index contributed by atoms with van der Waals surface area (Å²) < 4.78 is 0. The second-order valence-corrected chi connectivity index (χ2v) is 34.4. The van der Waals surface area contributed by atoms with Gasteiger partial charge in [0.25, 0.3) is 0 Å². The number of carbonyl (C=O) groups is 20. The Hall–Kier alpha value is -13.8. The first-order valence-corrected chi connectivity index (χ1v) is 45.2. The number of carbonyl (C=O) groups excluding carboxylic acids is 17. The number of hydrogen-bond acceptors (Lipinski definition) is 24. The number of amides is 17. The SMILES string of the molecule is CCCC[C@H]1C(=O)N(C)[C@@H](CCCC)C(=O)N[C@@H](CCC(=O)O)C(=O)N[C@H](C(=O)NCC(N)=O)CSCC(=O)N[C@@H](Cc2ccc(O)cc2)C(=O)N(C)[C@@H](C)C(=O)N[C@@H](CC(=O)O)C(=O)N2CCC[C@H]2C(=O)N[C@@H](CO)C(=O)N[C@@H](CCC(N)=O)C(=O)N2C[C@H](O)C[C@H]2C(=O)N[C@@H](Cc2c[nH]c3ccccc23)C(=O)N[C@@H](CCC(=O)O)C(=O)N[C@@H](Cc2c[nH]c3ccccc23)C(=O)N1C. The van der Waals surface area contributed by atoms with E-state index in [1.807, 2.05) is 0 Å². The first kappa shape index (κ1) is 106. The number of aliphatic hydroxyl groups is 2. The number of aliphatic hydroxyl groups excluding tert-OH is 2. The molecule has 0 unspecified atom stereocenters. The smallest absolute Gasteiger partial charge is 0.305 e. The fourth-order valence-corrected chi connectivity index (χ4v) is 16.9. The second kappa shape index (κ2) is 50.2. The highest BCUT2D eigenvalue weighted by molar-refractivity contribution is 8.00. The summed E-state index contributed by atoms with van der Waals surface area (Å²) in [6.45, 7) is 1.84. The standard InChI is InChI=1S/C88H119N19O26S/c1-7-9-20-65-81(126)96-57(29-32-73(116)117)78(123)102-64(76(121)93-41-70(90)112)44-134-45-71(113)94-60(34-47-23-25-50(109)26-24-47)84(129)103(4)46(3)75(120)99-62(38-74(118)119)87(132)106-33-15-22-66(106)82(127)101-63(43-108)80(125)97-58(27-30-69(89)111)86(131)107-42-51(110)37-68(107)83(128)98-59(35-48-39-91-54-18-13-11-16-52(48)54)79(124)95-56(28-31-72(114)115)77(122)100-61(36-49-40-92-55-19-14-12-17-53(49)55)85(130)105(6)67(21-10-8-2)88(133)104(65)5/h11-14,16-19,23-26,39-40,46,51,56-68,91-92,108-110H,7-10,15,20-22,27-38,41-45H2,1-6H3,(H2,89,111)(H2,90,112)(H,93,121)(H,94,113)(H,95,124)(H,96,126)(H,97,125)(H,98,128)(H,99,120)(H,100,122)(H,101,127)(H,102,123)(H,114,115)(H,116,117)(H,118,119)/t46-,51+,56-,57-,58-,59-,60-,61-,62-,63-,64-,65-,66-,67-,68-/m0/s1. The number of primary amides is 2. The van der Waals surface area contributed by atoms with Gasteiger partial charge in [0.05, 0.1) is 31.4 Å². The molecule has 0 spiro atoms. The van der Waals surface area contributed by atoms with Crippen molar-refractivity contribution in [1.29, 1.82) is 0 Å². The molecular formula is C88H119N19O26S. The zero-order valence-electron chi connectivity index (χ0n) is 75.1. The van der Waals surface area contributed by atoms with Crippen molar-refractivity contribution in [2.45, 2.75) is 233 Å². The maximum Gasteiger partial charge on any atom is 0.305 e. The van der Waals surface area contributed by atoms with Crippen LogP contribution in [0.15, 0.2) is 85.2 Å². The molecule has 134 heavy (non-hydrogen) atoms. The van der Waals surface area contributed by atoms with Crippen LogP contribution in [0.4, 0.5) is 0 Å². The normalized spacial score (nSPS) is 24.8. The number of nitrogens with zero attached hydrogens (tertiary/aromatic N) is 5. The number of aromatic hydroxyl groups is 1. The van der Waals surface area contributed by atoms with Gasteiger partial charge in [-0.15, -0.1) is 11.8 Å². The number of nitrogens with one attached hydrogen (secondary N) is 12. The molecule has 0 radical (unpaired) electrons. The number of nitrogens with two attached hydrogens (primary N) is 2. The van der Waals surface area contributed by atoms with Crippen LogP contribution < -0.4 is 64.6 Å². The second-order valence-electron chi connectivity index (χ2n) is 33.4. The molecular weight excluding hydrogens is 1770 g/mol. The Morgan fingerprint density at radius 1 is 0.485 bits per heavy atom. The van der Waals surface area contributed by atoms with E-state index in [-0.39, 0.29) is 63.7 Å². The van der Waals surface area contributed by atoms with Gasteiger partial charge in [-0.05, 0) is 92.8 Å². The van der Waals surface area contributed by atoms with Crippen LogP contribution in [0, 0.1) is 0 Å². The molecule has 17 amide bonds. The number of likely N-dealkylation sites (N-methyl/N-ethyl adjacent to an activating group) is 3. The number of phenolic OH excluding ortho intramolecular Hbond substituents is 1. The monoisotopic (exact) mass is 1890 g/mol. The van der Waals surface area contributed by atoms with Crippen LogP contribution in [0.3, 0.4) is 0 Å². The van der Waals surface area contributed by atoms with E-state index < -0.39 is 298 Å². The Labute approximate surface area is 773 Å². The molecule has 3 aromatic carbocycles. The summed E-state index contributed by atoms with van der Waals surface area (Å²) in [5, 5.41) is 88.6. The number of fused-ring (bicyclic) bond motifs is 4. The molecule has 46 heteroatoms. The van der Waals surface area contributed by atoms with Crippen molar-refractivity contribution < 1.29 is 127 Å². The number of unbranched alkanes of at least 4 members (excludes halogenated alkanes) is 2. The quantitative estimate of drug-likeness (QED) is 0.0241. The van der Waals surface area contributed by atoms with E-state index in [2.05, 4.69) is 63.1 Å². The third-order valence-corrected chi connectivity index (χ3v) is 24.6. The molecule has 0 bridgehead atoms. The van der Waals surface area contributed by atoms with Crippen LogP contribution in [0.25, 0.3) is 21.8 Å². The van der Waals surface area contributed by atoms with Crippen molar-refractivity contribution in [3.05, 3.63) is 102 Å². The largest absolute Gasteiger partial charge is 0.508 e. The zero-order chi connectivity index (χ0) is 98.5. The highest BCUT2D eigenvalue weighted by Crippen LogP contribution is 2.28. The van der Waals surface area contributed by atoms with Gasteiger partial charge in [-0.25, -0.2) is 0 Å². The number of benzene rings is 3. The summed E-state index contributed by atoms with van der Waals surface area (Å²) in [5.41, 5.74) is 13.2. The van der Waals surface area contributed by atoms with Gasteiger partial charge < -0.3 is 130 Å².